The second-order valence-electron chi connectivity index (χ2n) is 2.69. The summed E-state index contributed by atoms with van der Waals surface area (Å²) in [5.41, 5.74) is 7.98. The second kappa shape index (κ2) is 2.38. The van der Waals surface area contributed by atoms with Gasteiger partial charge in [-0.2, -0.15) is 0 Å². The van der Waals surface area contributed by atoms with Crippen LogP contribution < -0.4 is 5.73 Å². The van der Waals surface area contributed by atoms with E-state index in [4.69, 9.17) is 17.3 Å². The maximum atomic E-state index is 5.91. The lowest BCUT2D eigenvalue weighted by Crippen LogP contribution is -1.92. The van der Waals surface area contributed by atoms with Crippen LogP contribution in [0.1, 0.15) is 5.69 Å². The van der Waals surface area contributed by atoms with Crippen LogP contribution in [-0.2, 0) is 0 Å². The van der Waals surface area contributed by atoms with Gasteiger partial charge in [0.2, 0.25) is 0 Å². The van der Waals surface area contributed by atoms with Gasteiger partial charge in [0.05, 0.1) is 11.4 Å². The molecule has 0 fully saturated rings. The Morgan fingerprint density at radius 3 is 2.92 bits per heavy atom. The standard InChI is InChI=1S/C8H8ClN3/c1-5-4-12-7(9)3-2-6(10)8(12)11-5/h2-4H,10H2,1H3. The predicted molar refractivity (Wildman–Crippen MR) is 49.4 cm³/mol. The van der Waals surface area contributed by atoms with Crippen LogP contribution in [0.3, 0.4) is 0 Å². The average molecular weight is 182 g/mol. The molecule has 0 radical (unpaired) electrons. The highest BCUT2D eigenvalue weighted by molar-refractivity contribution is 6.29. The summed E-state index contributed by atoms with van der Waals surface area (Å²) in [6.45, 7) is 1.91. The largest absolute Gasteiger partial charge is 0.396 e. The Morgan fingerprint density at radius 2 is 2.25 bits per heavy atom. The Kier molecular flexibility index (Phi) is 1.48. The molecule has 0 aliphatic rings. The van der Waals surface area contributed by atoms with Crippen LogP contribution >= 0.6 is 11.6 Å². The van der Waals surface area contributed by atoms with Crippen molar-refractivity contribution in [1.82, 2.24) is 9.38 Å². The molecule has 0 saturated heterocycles. The first-order valence-electron chi connectivity index (χ1n) is 3.58. The Morgan fingerprint density at radius 1 is 1.50 bits per heavy atom. The van der Waals surface area contributed by atoms with Crippen molar-refractivity contribution in [2.45, 2.75) is 6.92 Å². The maximum Gasteiger partial charge on any atom is 0.161 e. The van der Waals surface area contributed by atoms with Gasteiger partial charge in [0.1, 0.15) is 5.15 Å². The number of nitrogens with two attached hydrogens (primary N) is 1. The lowest BCUT2D eigenvalue weighted by molar-refractivity contribution is 1.19. The van der Waals surface area contributed by atoms with Crippen molar-refractivity contribution >= 4 is 22.9 Å². The molecule has 4 heteroatoms. The molecule has 0 unspecified atom stereocenters. The first-order chi connectivity index (χ1) is 5.68. The molecule has 2 heterocycles. The van der Waals surface area contributed by atoms with Gasteiger partial charge in [0.15, 0.2) is 5.65 Å². The van der Waals surface area contributed by atoms with E-state index in [0.29, 0.717) is 10.8 Å². The summed E-state index contributed by atoms with van der Waals surface area (Å²) in [6, 6.07) is 3.51. The Balaban J connectivity index is 2.93. The molecule has 2 aromatic heterocycles. The first-order valence-corrected chi connectivity index (χ1v) is 3.96. The quantitative estimate of drug-likeness (QED) is 0.631. The van der Waals surface area contributed by atoms with Crippen molar-refractivity contribution in [3.63, 3.8) is 0 Å². The molecule has 0 spiro atoms. The number of aromatic nitrogens is 2. The second-order valence-corrected chi connectivity index (χ2v) is 3.07. The topological polar surface area (TPSA) is 43.3 Å². The molecule has 0 amide bonds. The van der Waals surface area contributed by atoms with Gasteiger partial charge < -0.3 is 5.73 Å². The highest BCUT2D eigenvalue weighted by Crippen LogP contribution is 2.18. The van der Waals surface area contributed by atoms with Crippen molar-refractivity contribution in [3.8, 4) is 0 Å². The SMILES string of the molecule is Cc1cn2c(Cl)ccc(N)c2n1. The Labute approximate surface area is 74.8 Å². The van der Waals surface area contributed by atoms with Gasteiger partial charge in [-0.3, -0.25) is 4.40 Å². The molecule has 2 aromatic rings. The first kappa shape index (κ1) is 7.43. The minimum atomic E-state index is 0.625. The number of hydrogen-bond donors (Lipinski definition) is 1. The number of nitrogens with zero attached hydrogens (tertiary/aromatic N) is 2. The maximum absolute atomic E-state index is 5.91. The van der Waals surface area contributed by atoms with E-state index < -0.39 is 0 Å². The van der Waals surface area contributed by atoms with Crippen molar-refractivity contribution in [2.75, 3.05) is 5.73 Å². The van der Waals surface area contributed by atoms with Gasteiger partial charge in [-0.1, -0.05) is 11.6 Å². The summed E-state index contributed by atoms with van der Waals surface area (Å²) in [7, 11) is 0. The average Bonchev–Trinajstić information content (AvgIpc) is 2.41. The molecular formula is C8H8ClN3. The van der Waals surface area contributed by atoms with Crippen LogP contribution in [0.25, 0.3) is 5.65 Å². The summed E-state index contributed by atoms with van der Waals surface area (Å²) in [4.78, 5) is 4.23. The summed E-state index contributed by atoms with van der Waals surface area (Å²) >= 11 is 5.91. The normalized spacial score (nSPS) is 10.8. The monoisotopic (exact) mass is 181 g/mol. The van der Waals surface area contributed by atoms with E-state index in [9.17, 15) is 0 Å². The molecule has 0 saturated carbocycles. The van der Waals surface area contributed by atoms with E-state index in [2.05, 4.69) is 4.98 Å². The van der Waals surface area contributed by atoms with E-state index in [1.807, 2.05) is 13.1 Å². The van der Waals surface area contributed by atoms with Crippen molar-refractivity contribution < 1.29 is 0 Å². The van der Waals surface area contributed by atoms with Crippen molar-refractivity contribution in [1.29, 1.82) is 0 Å². The number of rotatable bonds is 0. The van der Waals surface area contributed by atoms with E-state index in [-0.39, 0.29) is 0 Å². The summed E-state index contributed by atoms with van der Waals surface area (Å²) < 4.78 is 1.77. The molecule has 0 aliphatic heterocycles. The molecule has 2 N–H and O–H groups in total. The lowest BCUT2D eigenvalue weighted by atomic mass is 10.4. The number of imidazole rings is 1. The fourth-order valence-electron chi connectivity index (χ4n) is 1.18. The van der Waals surface area contributed by atoms with Gasteiger partial charge in [-0.05, 0) is 19.1 Å². The molecule has 3 nitrogen and oxygen atoms in total. The molecule has 0 bridgehead atoms. The van der Waals surface area contributed by atoms with Gasteiger partial charge in [-0.25, -0.2) is 4.98 Å². The van der Waals surface area contributed by atoms with E-state index in [1.54, 1.807) is 16.5 Å². The summed E-state index contributed by atoms with van der Waals surface area (Å²) in [5.74, 6) is 0. The van der Waals surface area contributed by atoms with Crippen LogP contribution in [0.5, 0.6) is 0 Å². The zero-order chi connectivity index (χ0) is 8.72. The van der Waals surface area contributed by atoms with Gasteiger partial charge >= 0.3 is 0 Å². The number of halogens is 1. The number of aryl methyl sites for hydroxylation is 1. The van der Waals surface area contributed by atoms with Crippen LogP contribution in [0.15, 0.2) is 18.3 Å². The van der Waals surface area contributed by atoms with E-state index in [1.165, 1.54) is 0 Å². The highest BCUT2D eigenvalue weighted by atomic mass is 35.5. The Hall–Kier alpha value is -1.22. The third kappa shape index (κ3) is 0.940. The number of nitrogen functional groups attached to an aromatic ring is 1. The molecule has 62 valence electrons. The van der Waals surface area contributed by atoms with Crippen molar-refractivity contribution in [2.24, 2.45) is 0 Å². The number of hydrogen-bond acceptors (Lipinski definition) is 2. The molecule has 2 rings (SSSR count). The molecule has 0 aliphatic carbocycles. The third-order valence-electron chi connectivity index (χ3n) is 1.72. The molecule has 0 aromatic carbocycles. The van der Waals surface area contributed by atoms with Gasteiger partial charge in [0.25, 0.3) is 0 Å². The van der Waals surface area contributed by atoms with Crippen LogP contribution in [0.4, 0.5) is 5.69 Å². The van der Waals surface area contributed by atoms with Gasteiger partial charge in [0, 0.05) is 6.20 Å². The number of pyridine rings is 1. The van der Waals surface area contributed by atoms with E-state index >= 15 is 0 Å². The number of fused-ring (bicyclic) bond motifs is 1. The highest BCUT2D eigenvalue weighted by Gasteiger charge is 2.03. The smallest absolute Gasteiger partial charge is 0.161 e. The van der Waals surface area contributed by atoms with E-state index in [0.717, 1.165) is 11.3 Å². The number of anilines is 1. The van der Waals surface area contributed by atoms with Crippen LogP contribution in [-0.4, -0.2) is 9.38 Å². The molecule has 12 heavy (non-hydrogen) atoms. The van der Waals surface area contributed by atoms with Crippen molar-refractivity contribution in [3.05, 3.63) is 29.2 Å². The Bertz CT molecular complexity index is 394. The minimum absolute atomic E-state index is 0.625. The van der Waals surface area contributed by atoms with Crippen LogP contribution in [0.2, 0.25) is 5.15 Å². The lowest BCUT2D eigenvalue weighted by Gasteiger charge is -1.98. The zero-order valence-electron chi connectivity index (χ0n) is 6.58. The van der Waals surface area contributed by atoms with Crippen LogP contribution in [0, 0.1) is 6.92 Å². The zero-order valence-corrected chi connectivity index (χ0v) is 7.34. The summed E-state index contributed by atoms with van der Waals surface area (Å²) in [6.07, 6.45) is 1.86. The fraction of sp³-hybridized carbons (Fsp3) is 0.125. The molecular weight excluding hydrogens is 174 g/mol. The fourth-order valence-corrected chi connectivity index (χ4v) is 1.37. The molecule has 0 atom stereocenters. The predicted octanol–water partition coefficient (Wildman–Crippen LogP) is 1.88. The summed E-state index contributed by atoms with van der Waals surface area (Å²) in [5, 5.41) is 0.625. The van der Waals surface area contributed by atoms with Gasteiger partial charge in [-0.15, -0.1) is 0 Å². The third-order valence-corrected chi connectivity index (χ3v) is 2.02. The minimum Gasteiger partial charge on any atom is -0.396 e.